The molecule has 6 heteroatoms. The number of carbonyl (C=O) groups is 1. The number of nitrogens with zero attached hydrogens (tertiary/aromatic N) is 2. The fourth-order valence-corrected chi connectivity index (χ4v) is 2.91. The lowest BCUT2D eigenvalue weighted by Gasteiger charge is -2.23. The average Bonchev–Trinajstić information content (AvgIpc) is 2.69. The highest BCUT2D eigenvalue weighted by molar-refractivity contribution is 5.75. The van der Waals surface area contributed by atoms with Crippen LogP contribution >= 0.6 is 0 Å². The molecule has 0 saturated carbocycles. The number of aromatic nitrogens is 1. The molecule has 0 saturated heterocycles. The van der Waals surface area contributed by atoms with E-state index in [1.807, 2.05) is 30.3 Å². The van der Waals surface area contributed by atoms with Gasteiger partial charge in [0.15, 0.2) is 6.61 Å². The number of hydrogen-bond donors (Lipinski definition) is 1. The van der Waals surface area contributed by atoms with Crippen molar-refractivity contribution >= 4 is 5.91 Å². The molecule has 0 fully saturated rings. The van der Waals surface area contributed by atoms with E-state index in [1.54, 1.807) is 30.6 Å². The highest BCUT2D eigenvalue weighted by atomic mass is 19.1. The van der Waals surface area contributed by atoms with Crippen LogP contribution in [0.25, 0.3) is 0 Å². The second-order valence-corrected chi connectivity index (χ2v) is 6.53. The third kappa shape index (κ3) is 6.17. The Morgan fingerprint density at radius 1 is 0.929 bits per heavy atom. The van der Waals surface area contributed by atoms with Crippen LogP contribution in [0.5, 0.6) is 5.75 Å². The first-order valence-electron chi connectivity index (χ1n) is 8.94. The van der Waals surface area contributed by atoms with E-state index in [2.05, 4.69) is 9.88 Å². The van der Waals surface area contributed by atoms with Crippen molar-refractivity contribution in [2.45, 2.75) is 19.6 Å². The minimum atomic E-state index is -0.513. The lowest BCUT2D eigenvalue weighted by molar-refractivity contribution is -0.119. The zero-order valence-electron chi connectivity index (χ0n) is 15.4. The summed E-state index contributed by atoms with van der Waals surface area (Å²) in [5.41, 5.74) is 8.34. The Hall–Kier alpha value is -3.25. The van der Waals surface area contributed by atoms with Gasteiger partial charge < -0.3 is 10.5 Å². The summed E-state index contributed by atoms with van der Waals surface area (Å²) < 4.78 is 18.6. The van der Waals surface area contributed by atoms with Crippen LogP contribution in [0.2, 0.25) is 0 Å². The fourth-order valence-electron chi connectivity index (χ4n) is 2.91. The van der Waals surface area contributed by atoms with Crippen molar-refractivity contribution in [3.63, 3.8) is 0 Å². The number of benzene rings is 2. The molecule has 0 radical (unpaired) electrons. The molecule has 2 N–H and O–H groups in total. The zero-order valence-corrected chi connectivity index (χ0v) is 15.4. The molecular formula is C22H22FN3O2. The number of amides is 1. The van der Waals surface area contributed by atoms with E-state index >= 15 is 0 Å². The Bertz CT molecular complexity index is 901. The first-order valence-corrected chi connectivity index (χ1v) is 8.94. The van der Waals surface area contributed by atoms with Crippen LogP contribution in [0.1, 0.15) is 16.7 Å². The maximum absolute atomic E-state index is 13.2. The predicted octanol–water partition coefficient (Wildman–Crippen LogP) is 3.29. The molecule has 0 aliphatic rings. The summed E-state index contributed by atoms with van der Waals surface area (Å²) in [5, 5.41) is 0. The smallest absolute Gasteiger partial charge is 0.255 e. The van der Waals surface area contributed by atoms with Gasteiger partial charge in [-0.15, -0.1) is 0 Å². The molecule has 3 aromatic rings. The quantitative estimate of drug-likeness (QED) is 0.619. The van der Waals surface area contributed by atoms with Crippen molar-refractivity contribution < 1.29 is 13.9 Å². The van der Waals surface area contributed by atoms with Gasteiger partial charge in [-0.05, 0) is 53.1 Å². The zero-order chi connectivity index (χ0) is 19.8. The Morgan fingerprint density at radius 2 is 1.57 bits per heavy atom. The number of ether oxygens (including phenoxy) is 1. The molecule has 0 aliphatic heterocycles. The van der Waals surface area contributed by atoms with Crippen molar-refractivity contribution in [2.24, 2.45) is 5.73 Å². The molecule has 1 amide bonds. The van der Waals surface area contributed by atoms with Gasteiger partial charge in [0, 0.05) is 32.0 Å². The Balaban J connectivity index is 1.75. The van der Waals surface area contributed by atoms with E-state index in [1.165, 1.54) is 12.1 Å². The number of pyridine rings is 1. The molecular weight excluding hydrogens is 357 g/mol. The van der Waals surface area contributed by atoms with Gasteiger partial charge in [0.1, 0.15) is 11.6 Å². The van der Waals surface area contributed by atoms with Gasteiger partial charge in [-0.1, -0.05) is 24.3 Å². The molecule has 1 aromatic heterocycles. The Morgan fingerprint density at radius 3 is 2.25 bits per heavy atom. The molecule has 2 aromatic carbocycles. The lowest BCUT2D eigenvalue weighted by Crippen LogP contribution is -2.22. The summed E-state index contributed by atoms with van der Waals surface area (Å²) in [7, 11) is 0. The fraction of sp³-hybridized carbons (Fsp3) is 0.182. The molecule has 144 valence electrons. The minimum absolute atomic E-state index is 0.153. The topological polar surface area (TPSA) is 68.5 Å². The SMILES string of the molecule is NC(=O)COc1cccc(CN(Cc2ccncc2)Cc2ccc(F)cc2)c1. The average molecular weight is 379 g/mol. The van der Waals surface area contributed by atoms with Crippen LogP contribution in [0.3, 0.4) is 0 Å². The summed E-state index contributed by atoms with van der Waals surface area (Å²) in [5.74, 6) is -0.160. The molecule has 0 aliphatic carbocycles. The summed E-state index contributed by atoms with van der Waals surface area (Å²) in [6.45, 7) is 1.88. The standard InChI is InChI=1S/C22H22FN3O2/c23-20-6-4-17(5-7-20)13-26(14-18-8-10-25-11-9-18)15-19-2-1-3-21(12-19)28-16-22(24)27/h1-12H,13-16H2,(H2,24,27). The Labute approximate surface area is 163 Å². The van der Waals surface area contributed by atoms with Crippen LogP contribution in [0.4, 0.5) is 4.39 Å². The second-order valence-electron chi connectivity index (χ2n) is 6.53. The van der Waals surface area contributed by atoms with E-state index in [0.717, 1.165) is 16.7 Å². The lowest BCUT2D eigenvalue weighted by atomic mass is 10.1. The van der Waals surface area contributed by atoms with Crippen molar-refractivity contribution in [2.75, 3.05) is 6.61 Å². The van der Waals surface area contributed by atoms with Crippen molar-refractivity contribution in [1.29, 1.82) is 0 Å². The predicted molar refractivity (Wildman–Crippen MR) is 105 cm³/mol. The third-order valence-corrected chi connectivity index (χ3v) is 4.16. The van der Waals surface area contributed by atoms with Gasteiger partial charge in [0.25, 0.3) is 5.91 Å². The molecule has 28 heavy (non-hydrogen) atoms. The minimum Gasteiger partial charge on any atom is -0.484 e. The van der Waals surface area contributed by atoms with Gasteiger partial charge in [-0.25, -0.2) is 4.39 Å². The van der Waals surface area contributed by atoms with E-state index in [0.29, 0.717) is 25.4 Å². The summed E-state index contributed by atoms with van der Waals surface area (Å²) in [6.07, 6.45) is 3.54. The highest BCUT2D eigenvalue weighted by Crippen LogP contribution is 2.18. The maximum atomic E-state index is 13.2. The Kier molecular flexibility index (Phi) is 6.70. The first kappa shape index (κ1) is 19.5. The second kappa shape index (κ2) is 9.62. The van der Waals surface area contributed by atoms with Crippen LogP contribution in [-0.2, 0) is 24.4 Å². The van der Waals surface area contributed by atoms with Crippen LogP contribution in [0.15, 0.2) is 73.1 Å². The summed E-state index contributed by atoms with van der Waals surface area (Å²) in [4.78, 5) is 17.2. The van der Waals surface area contributed by atoms with E-state index in [4.69, 9.17) is 10.5 Å². The number of carbonyl (C=O) groups excluding carboxylic acids is 1. The largest absolute Gasteiger partial charge is 0.484 e. The van der Waals surface area contributed by atoms with Crippen LogP contribution < -0.4 is 10.5 Å². The van der Waals surface area contributed by atoms with Crippen molar-refractivity contribution in [3.05, 3.63) is 95.6 Å². The molecule has 0 spiro atoms. The van der Waals surface area contributed by atoms with E-state index in [-0.39, 0.29) is 12.4 Å². The summed E-state index contributed by atoms with van der Waals surface area (Å²) >= 11 is 0. The maximum Gasteiger partial charge on any atom is 0.255 e. The van der Waals surface area contributed by atoms with Gasteiger partial charge in [0.05, 0.1) is 0 Å². The van der Waals surface area contributed by atoms with Gasteiger partial charge >= 0.3 is 0 Å². The molecule has 5 nitrogen and oxygen atoms in total. The summed E-state index contributed by atoms with van der Waals surface area (Å²) in [6, 6.07) is 18.1. The molecule has 1 heterocycles. The third-order valence-electron chi connectivity index (χ3n) is 4.16. The normalized spacial score (nSPS) is 10.8. The number of hydrogen-bond acceptors (Lipinski definition) is 4. The van der Waals surface area contributed by atoms with Crippen LogP contribution in [-0.4, -0.2) is 22.4 Å². The molecule has 3 rings (SSSR count). The first-order chi connectivity index (χ1) is 13.6. The van der Waals surface area contributed by atoms with Crippen molar-refractivity contribution in [3.8, 4) is 5.75 Å². The number of primary amides is 1. The molecule has 0 unspecified atom stereocenters. The van der Waals surface area contributed by atoms with Crippen LogP contribution in [0, 0.1) is 5.82 Å². The number of halogens is 1. The molecule has 0 bridgehead atoms. The van der Waals surface area contributed by atoms with Crippen molar-refractivity contribution in [1.82, 2.24) is 9.88 Å². The van der Waals surface area contributed by atoms with E-state index < -0.39 is 5.91 Å². The van der Waals surface area contributed by atoms with Gasteiger partial charge in [-0.3, -0.25) is 14.7 Å². The monoisotopic (exact) mass is 379 g/mol. The van der Waals surface area contributed by atoms with Gasteiger partial charge in [-0.2, -0.15) is 0 Å². The van der Waals surface area contributed by atoms with E-state index in [9.17, 15) is 9.18 Å². The number of rotatable bonds is 9. The highest BCUT2D eigenvalue weighted by Gasteiger charge is 2.10. The van der Waals surface area contributed by atoms with Gasteiger partial charge in [0.2, 0.25) is 0 Å². The molecule has 0 atom stereocenters. The number of nitrogens with two attached hydrogens (primary N) is 1.